The Morgan fingerprint density at radius 1 is 1.11 bits per heavy atom. The van der Waals surface area contributed by atoms with Crippen LogP contribution < -0.4 is 24.8 Å². The van der Waals surface area contributed by atoms with E-state index in [1.165, 1.54) is 5.01 Å². The lowest BCUT2D eigenvalue weighted by molar-refractivity contribution is 0.323. The highest BCUT2D eigenvalue weighted by molar-refractivity contribution is 14.0. The van der Waals surface area contributed by atoms with Gasteiger partial charge in [0.2, 0.25) is 5.75 Å². The Balaban J connectivity index is 0.00000392. The van der Waals surface area contributed by atoms with Gasteiger partial charge in [-0.25, -0.2) is 4.98 Å². The predicted molar refractivity (Wildman–Crippen MR) is 125 cm³/mol. The molecule has 0 radical (unpaired) electrons. The number of benzene rings is 1. The van der Waals surface area contributed by atoms with Crippen molar-refractivity contribution < 1.29 is 14.2 Å². The van der Waals surface area contributed by atoms with Gasteiger partial charge in [0.1, 0.15) is 0 Å². The van der Waals surface area contributed by atoms with Crippen molar-refractivity contribution in [3.63, 3.8) is 0 Å². The highest BCUT2D eigenvalue weighted by Gasteiger charge is 2.13. The average molecular weight is 520 g/mol. The largest absolute Gasteiger partial charge is 0.493 e. The highest BCUT2D eigenvalue weighted by Crippen LogP contribution is 2.38. The molecule has 2 rings (SSSR count). The van der Waals surface area contributed by atoms with Gasteiger partial charge in [0.05, 0.1) is 32.0 Å². The number of guanidine groups is 1. The zero-order chi connectivity index (χ0) is 19.6. The van der Waals surface area contributed by atoms with Crippen LogP contribution in [0.25, 0.3) is 0 Å². The fourth-order valence-electron chi connectivity index (χ4n) is 2.58. The molecule has 0 aliphatic heterocycles. The normalized spacial score (nSPS) is 10.8. The van der Waals surface area contributed by atoms with Crippen molar-refractivity contribution in [2.75, 3.05) is 34.9 Å². The molecular weight excluding hydrogens is 491 g/mol. The molecule has 0 amide bonds. The highest BCUT2D eigenvalue weighted by atomic mass is 127. The number of thiazole rings is 1. The van der Waals surface area contributed by atoms with Gasteiger partial charge in [0, 0.05) is 31.9 Å². The second kappa shape index (κ2) is 12.7. The molecular formula is C19H29IN4O3S. The van der Waals surface area contributed by atoms with Gasteiger partial charge in [-0.05, 0) is 24.1 Å². The first-order chi connectivity index (χ1) is 13.1. The summed E-state index contributed by atoms with van der Waals surface area (Å²) in [6, 6.07) is 3.84. The van der Waals surface area contributed by atoms with Crippen LogP contribution >= 0.6 is 35.3 Å². The fraction of sp³-hybridized carbons (Fsp3) is 0.474. The summed E-state index contributed by atoms with van der Waals surface area (Å²) in [4.78, 5) is 8.84. The number of ether oxygens (including phenoxy) is 3. The van der Waals surface area contributed by atoms with Crippen molar-refractivity contribution in [2.24, 2.45) is 4.99 Å². The van der Waals surface area contributed by atoms with E-state index in [2.05, 4.69) is 32.9 Å². The molecule has 1 heterocycles. The van der Waals surface area contributed by atoms with Crippen molar-refractivity contribution >= 4 is 41.3 Å². The van der Waals surface area contributed by atoms with Gasteiger partial charge in [-0.3, -0.25) is 4.99 Å². The third-order valence-electron chi connectivity index (χ3n) is 3.98. The lowest BCUT2D eigenvalue weighted by atomic mass is 10.2. The van der Waals surface area contributed by atoms with Gasteiger partial charge < -0.3 is 24.8 Å². The number of hydrogen-bond acceptors (Lipinski definition) is 6. The third kappa shape index (κ3) is 6.69. The molecule has 0 saturated carbocycles. The topological polar surface area (TPSA) is 77.0 Å². The Labute approximate surface area is 187 Å². The molecule has 0 saturated heterocycles. The SMILES string of the molecule is CCc1nc(CCNC(=NC)NCc2cc(OC)c(OC)c(OC)c2)cs1.I. The van der Waals surface area contributed by atoms with Gasteiger partial charge in [-0.15, -0.1) is 35.3 Å². The van der Waals surface area contributed by atoms with Crippen LogP contribution in [0, 0.1) is 0 Å². The van der Waals surface area contributed by atoms with E-state index < -0.39 is 0 Å². The van der Waals surface area contributed by atoms with Crippen molar-refractivity contribution in [3.05, 3.63) is 33.8 Å². The van der Waals surface area contributed by atoms with E-state index in [1.54, 1.807) is 39.7 Å². The molecule has 0 spiro atoms. The smallest absolute Gasteiger partial charge is 0.203 e. The Morgan fingerprint density at radius 2 is 1.79 bits per heavy atom. The number of aryl methyl sites for hydroxylation is 1. The molecule has 1 aromatic heterocycles. The number of nitrogens with zero attached hydrogens (tertiary/aromatic N) is 2. The summed E-state index contributed by atoms with van der Waals surface area (Å²) < 4.78 is 16.1. The number of aromatic nitrogens is 1. The van der Waals surface area contributed by atoms with Crippen LogP contribution in [0.1, 0.15) is 23.2 Å². The summed E-state index contributed by atoms with van der Waals surface area (Å²) in [6.07, 6.45) is 1.84. The molecule has 0 aliphatic carbocycles. The van der Waals surface area contributed by atoms with Crippen molar-refractivity contribution in [1.82, 2.24) is 15.6 Å². The molecule has 28 heavy (non-hydrogen) atoms. The van der Waals surface area contributed by atoms with E-state index in [0.717, 1.165) is 36.6 Å². The molecule has 0 bridgehead atoms. The number of rotatable bonds is 9. The van der Waals surface area contributed by atoms with E-state index >= 15 is 0 Å². The van der Waals surface area contributed by atoms with Gasteiger partial charge in [0.15, 0.2) is 17.5 Å². The molecule has 0 fully saturated rings. The zero-order valence-electron chi connectivity index (χ0n) is 17.0. The van der Waals surface area contributed by atoms with Crippen LogP contribution in [0.4, 0.5) is 0 Å². The van der Waals surface area contributed by atoms with Gasteiger partial charge in [-0.2, -0.15) is 0 Å². The van der Waals surface area contributed by atoms with Crippen LogP contribution in [0.5, 0.6) is 17.2 Å². The number of hydrogen-bond donors (Lipinski definition) is 2. The summed E-state index contributed by atoms with van der Waals surface area (Å²) in [6.45, 7) is 3.46. The minimum Gasteiger partial charge on any atom is -0.493 e. The quantitative estimate of drug-likeness (QED) is 0.301. The Morgan fingerprint density at radius 3 is 2.29 bits per heavy atom. The molecule has 0 atom stereocenters. The number of nitrogens with one attached hydrogen (secondary N) is 2. The predicted octanol–water partition coefficient (Wildman–Crippen LogP) is 3.26. The monoisotopic (exact) mass is 520 g/mol. The molecule has 9 heteroatoms. The maximum Gasteiger partial charge on any atom is 0.203 e. The molecule has 0 aliphatic rings. The van der Waals surface area contributed by atoms with Crippen LogP contribution in [0.3, 0.4) is 0 Å². The molecule has 2 N–H and O–H groups in total. The lowest BCUT2D eigenvalue weighted by Gasteiger charge is -2.15. The maximum atomic E-state index is 5.39. The Bertz CT molecular complexity index is 742. The Kier molecular flexibility index (Phi) is 11.0. The summed E-state index contributed by atoms with van der Waals surface area (Å²) >= 11 is 1.71. The molecule has 7 nitrogen and oxygen atoms in total. The summed E-state index contributed by atoms with van der Waals surface area (Å²) in [5.74, 6) is 2.58. The summed E-state index contributed by atoms with van der Waals surface area (Å²) in [7, 11) is 6.56. The minimum atomic E-state index is 0. The number of halogens is 1. The molecule has 1 aromatic carbocycles. The molecule has 2 aromatic rings. The minimum absolute atomic E-state index is 0. The second-order valence-electron chi connectivity index (χ2n) is 5.72. The maximum absolute atomic E-state index is 5.39. The van der Waals surface area contributed by atoms with E-state index in [9.17, 15) is 0 Å². The van der Waals surface area contributed by atoms with Crippen LogP contribution in [0.2, 0.25) is 0 Å². The van der Waals surface area contributed by atoms with Crippen LogP contribution in [-0.2, 0) is 19.4 Å². The van der Waals surface area contributed by atoms with Crippen LogP contribution in [0.15, 0.2) is 22.5 Å². The van der Waals surface area contributed by atoms with E-state index in [1.807, 2.05) is 12.1 Å². The average Bonchev–Trinajstić information content (AvgIpc) is 3.17. The third-order valence-corrected chi connectivity index (χ3v) is 5.03. The zero-order valence-corrected chi connectivity index (χ0v) is 20.1. The van der Waals surface area contributed by atoms with Crippen molar-refractivity contribution in [3.8, 4) is 17.2 Å². The Hall–Kier alpha value is -1.75. The summed E-state index contributed by atoms with van der Waals surface area (Å²) in [5.41, 5.74) is 2.11. The first-order valence-corrected chi connectivity index (χ1v) is 9.69. The number of methoxy groups -OCH3 is 3. The van der Waals surface area contributed by atoms with Crippen molar-refractivity contribution in [1.29, 1.82) is 0 Å². The second-order valence-corrected chi connectivity index (χ2v) is 6.66. The van der Waals surface area contributed by atoms with Crippen LogP contribution in [-0.4, -0.2) is 45.9 Å². The molecule has 0 unspecified atom stereocenters. The standard InChI is InChI=1S/C19H28N4O3S.HI/c1-6-17-23-14(12-27-17)7-8-21-19(20-2)22-11-13-9-15(24-3)18(26-5)16(10-13)25-4;/h9-10,12H,6-8,11H2,1-5H3,(H2,20,21,22);1H. The van der Waals surface area contributed by atoms with E-state index in [-0.39, 0.29) is 24.0 Å². The first-order valence-electron chi connectivity index (χ1n) is 8.81. The molecule has 156 valence electrons. The fourth-order valence-corrected chi connectivity index (χ4v) is 3.36. The van der Waals surface area contributed by atoms with Gasteiger partial charge >= 0.3 is 0 Å². The first kappa shape index (κ1) is 24.3. The van der Waals surface area contributed by atoms with E-state index in [0.29, 0.717) is 23.8 Å². The van der Waals surface area contributed by atoms with Gasteiger partial charge in [-0.1, -0.05) is 6.92 Å². The lowest BCUT2D eigenvalue weighted by Crippen LogP contribution is -2.37. The van der Waals surface area contributed by atoms with Crippen molar-refractivity contribution in [2.45, 2.75) is 26.3 Å². The summed E-state index contributed by atoms with van der Waals surface area (Å²) in [5, 5.41) is 9.90. The number of aliphatic imine (C=N–C) groups is 1. The van der Waals surface area contributed by atoms with Gasteiger partial charge in [0.25, 0.3) is 0 Å². The van der Waals surface area contributed by atoms with E-state index in [4.69, 9.17) is 14.2 Å².